The van der Waals surface area contributed by atoms with E-state index in [4.69, 9.17) is 4.74 Å². The molecule has 5 nitrogen and oxygen atoms in total. The zero-order valence-electron chi connectivity index (χ0n) is 15.3. The Kier molecular flexibility index (Phi) is 5.86. The van der Waals surface area contributed by atoms with Crippen molar-refractivity contribution < 1.29 is 14.3 Å². The smallest absolute Gasteiger partial charge is 0.253 e. The summed E-state index contributed by atoms with van der Waals surface area (Å²) in [6.45, 7) is 10.4. The van der Waals surface area contributed by atoms with Gasteiger partial charge in [-0.25, -0.2) is 0 Å². The Morgan fingerprint density at radius 1 is 1.00 bits per heavy atom. The first kappa shape index (κ1) is 18.3. The Labute approximate surface area is 144 Å². The Hall–Kier alpha value is -2.04. The fraction of sp³-hybridized carbons (Fsp3) is 0.579. The third-order valence-corrected chi connectivity index (χ3v) is 4.47. The highest BCUT2D eigenvalue weighted by atomic mass is 16.5. The van der Waals surface area contributed by atoms with E-state index < -0.39 is 0 Å². The van der Waals surface area contributed by atoms with Gasteiger partial charge in [-0.15, -0.1) is 0 Å². The predicted octanol–water partition coefficient (Wildman–Crippen LogP) is 2.76. The summed E-state index contributed by atoms with van der Waals surface area (Å²) < 4.78 is 5.38. The van der Waals surface area contributed by atoms with Gasteiger partial charge in [-0.2, -0.15) is 0 Å². The molecule has 1 fully saturated rings. The number of methoxy groups -OCH3 is 1. The molecule has 1 saturated heterocycles. The topological polar surface area (TPSA) is 49.9 Å². The molecule has 1 aliphatic rings. The zero-order chi connectivity index (χ0) is 17.9. The van der Waals surface area contributed by atoms with Crippen LogP contribution >= 0.6 is 0 Å². The van der Waals surface area contributed by atoms with Crippen LogP contribution in [0.2, 0.25) is 0 Å². The molecule has 1 aliphatic heterocycles. The predicted molar refractivity (Wildman–Crippen MR) is 94.4 cm³/mol. The van der Waals surface area contributed by atoms with Crippen molar-refractivity contribution in [2.24, 2.45) is 5.92 Å². The largest absolute Gasteiger partial charge is 0.496 e. The Morgan fingerprint density at radius 3 is 2.08 bits per heavy atom. The van der Waals surface area contributed by atoms with Crippen LogP contribution in [0.5, 0.6) is 5.75 Å². The summed E-state index contributed by atoms with van der Waals surface area (Å²) in [5.41, 5.74) is 1.72. The first-order chi connectivity index (χ1) is 11.3. The molecule has 0 N–H and O–H groups in total. The number of piperazine rings is 1. The van der Waals surface area contributed by atoms with Crippen LogP contribution in [0, 0.1) is 5.92 Å². The van der Waals surface area contributed by atoms with Crippen molar-refractivity contribution in [2.45, 2.75) is 33.6 Å². The fourth-order valence-electron chi connectivity index (χ4n) is 3.00. The number of hydrogen-bond donors (Lipinski definition) is 0. The van der Waals surface area contributed by atoms with Gasteiger partial charge in [0.25, 0.3) is 5.91 Å². The lowest BCUT2D eigenvalue weighted by molar-refractivity contribution is -0.135. The molecule has 1 aromatic carbocycles. The monoisotopic (exact) mass is 332 g/mol. The van der Waals surface area contributed by atoms with E-state index in [9.17, 15) is 9.59 Å². The molecule has 0 atom stereocenters. The maximum Gasteiger partial charge on any atom is 0.253 e. The summed E-state index contributed by atoms with van der Waals surface area (Å²) in [5.74, 6) is 1.29. The third-order valence-electron chi connectivity index (χ3n) is 4.47. The summed E-state index contributed by atoms with van der Waals surface area (Å²) in [4.78, 5) is 28.5. The van der Waals surface area contributed by atoms with E-state index in [-0.39, 0.29) is 23.7 Å². The van der Waals surface area contributed by atoms with Crippen LogP contribution in [0.15, 0.2) is 18.2 Å². The van der Waals surface area contributed by atoms with Gasteiger partial charge in [0.05, 0.1) is 7.11 Å². The van der Waals surface area contributed by atoms with Gasteiger partial charge < -0.3 is 14.5 Å². The summed E-state index contributed by atoms with van der Waals surface area (Å²) in [7, 11) is 1.65. The standard InChI is InChI=1S/C19H28N2O3/c1-13(2)16-12-15(6-7-17(16)24-5)19(23)21-10-8-20(9-11-21)18(22)14(3)4/h6-7,12-14H,8-11H2,1-5H3. The van der Waals surface area contributed by atoms with Crippen molar-refractivity contribution in [3.8, 4) is 5.75 Å². The van der Waals surface area contributed by atoms with Gasteiger partial charge in [-0.1, -0.05) is 27.7 Å². The van der Waals surface area contributed by atoms with Crippen LogP contribution in [0.1, 0.15) is 49.5 Å². The molecule has 24 heavy (non-hydrogen) atoms. The van der Waals surface area contributed by atoms with Gasteiger partial charge in [0.15, 0.2) is 0 Å². The van der Waals surface area contributed by atoms with E-state index in [1.165, 1.54) is 0 Å². The molecule has 0 aliphatic carbocycles. The first-order valence-electron chi connectivity index (χ1n) is 8.61. The van der Waals surface area contributed by atoms with Gasteiger partial charge in [-0.05, 0) is 29.7 Å². The Morgan fingerprint density at radius 2 is 1.58 bits per heavy atom. The average molecular weight is 332 g/mol. The fourth-order valence-corrected chi connectivity index (χ4v) is 3.00. The lowest BCUT2D eigenvalue weighted by Crippen LogP contribution is -2.51. The second-order valence-corrected chi connectivity index (χ2v) is 6.88. The molecule has 1 heterocycles. The Balaban J connectivity index is 2.08. The van der Waals surface area contributed by atoms with Gasteiger partial charge in [0, 0.05) is 37.7 Å². The number of carbonyl (C=O) groups excluding carboxylic acids is 2. The molecule has 2 amide bonds. The number of benzene rings is 1. The van der Waals surface area contributed by atoms with E-state index >= 15 is 0 Å². The second kappa shape index (κ2) is 7.69. The van der Waals surface area contributed by atoms with Crippen LogP contribution in [-0.4, -0.2) is 54.9 Å². The van der Waals surface area contributed by atoms with Gasteiger partial charge in [0.2, 0.25) is 5.91 Å². The van der Waals surface area contributed by atoms with Gasteiger partial charge in [-0.3, -0.25) is 9.59 Å². The summed E-state index contributed by atoms with van der Waals surface area (Å²) in [6.07, 6.45) is 0. The van der Waals surface area contributed by atoms with Crippen LogP contribution in [0.3, 0.4) is 0 Å². The van der Waals surface area contributed by atoms with Crippen molar-refractivity contribution in [1.82, 2.24) is 9.80 Å². The number of amides is 2. The van der Waals surface area contributed by atoms with Gasteiger partial charge in [0.1, 0.15) is 5.75 Å². The van der Waals surface area contributed by atoms with Crippen molar-refractivity contribution in [1.29, 1.82) is 0 Å². The Bertz CT molecular complexity index is 603. The number of ether oxygens (including phenoxy) is 1. The quantitative estimate of drug-likeness (QED) is 0.852. The number of carbonyl (C=O) groups is 2. The first-order valence-corrected chi connectivity index (χ1v) is 8.61. The highest BCUT2D eigenvalue weighted by Crippen LogP contribution is 2.28. The van der Waals surface area contributed by atoms with Crippen LogP contribution in [0.25, 0.3) is 0 Å². The highest BCUT2D eigenvalue weighted by molar-refractivity contribution is 5.95. The maximum absolute atomic E-state index is 12.8. The number of nitrogens with zero attached hydrogens (tertiary/aromatic N) is 2. The zero-order valence-corrected chi connectivity index (χ0v) is 15.3. The number of hydrogen-bond acceptors (Lipinski definition) is 3. The molecular formula is C19H28N2O3. The molecule has 132 valence electrons. The molecule has 2 rings (SSSR count). The summed E-state index contributed by atoms with van der Waals surface area (Å²) >= 11 is 0. The molecule has 0 bridgehead atoms. The molecule has 1 aromatic rings. The molecular weight excluding hydrogens is 304 g/mol. The molecule has 5 heteroatoms. The minimum Gasteiger partial charge on any atom is -0.496 e. The molecule has 0 unspecified atom stereocenters. The van der Waals surface area contributed by atoms with E-state index in [1.807, 2.05) is 41.8 Å². The third kappa shape index (κ3) is 3.89. The van der Waals surface area contributed by atoms with Crippen molar-refractivity contribution in [2.75, 3.05) is 33.3 Å². The lowest BCUT2D eigenvalue weighted by atomic mass is 9.99. The van der Waals surface area contributed by atoms with Crippen LogP contribution in [-0.2, 0) is 4.79 Å². The van der Waals surface area contributed by atoms with Gasteiger partial charge >= 0.3 is 0 Å². The molecule has 0 aromatic heterocycles. The van der Waals surface area contributed by atoms with Crippen LogP contribution in [0.4, 0.5) is 0 Å². The molecule has 0 spiro atoms. The lowest BCUT2D eigenvalue weighted by Gasteiger charge is -2.35. The SMILES string of the molecule is COc1ccc(C(=O)N2CCN(C(=O)C(C)C)CC2)cc1C(C)C. The second-order valence-electron chi connectivity index (χ2n) is 6.88. The normalized spacial score (nSPS) is 15.1. The van der Waals surface area contributed by atoms with E-state index in [0.29, 0.717) is 31.7 Å². The summed E-state index contributed by atoms with van der Waals surface area (Å²) in [5, 5.41) is 0. The average Bonchev–Trinajstić information content (AvgIpc) is 2.59. The number of rotatable bonds is 4. The van der Waals surface area contributed by atoms with E-state index in [0.717, 1.165) is 11.3 Å². The van der Waals surface area contributed by atoms with Crippen molar-refractivity contribution >= 4 is 11.8 Å². The summed E-state index contributed by atoms with van der Waals surface area (Å²) in [6, 6.07) is 5.61. The van der Waals surface area contributed by atoms with Crippen molar-refractivity contribution in [3.63, 3.8) is 0 Å². The molecule has 0 radical (unpaired) electrons. The van der Waals surface area contributed by atoms with Crippen LogP contribution < -0.4 is 4.74 Å². The van der Waals surface area contributed by atoms with Crippen molar-refractivity contribution in [3.05, 3.63) is 29.3 Å². The minimum absolute atomic E-state index is 0.00226. The van der Waals surface area contributed by atoms with E-state index in [1.54, 1.807) is 7.11 Å². The maximum atomic E-state index is 12.8. The van der Waals surface area contributed by atoms with E-state index in [2.05, 4.69) is 13.8 Å². The highest BCUT2D eigenvalue weighted by Gasteiger charge is 2.26. The molecule has 0 saturated carbocycles. The minimum atomic E-state index is 0.00226.